The minimum atomic E-state index is 0.0311. The third kappa shape index (κ3) is 2.96. The van der Waals surface area contributed by atoms with Crippen molar-refractivity contribution in [1.82, 2.24) is 9.88 Å². The van der Waals surface area contributed by atoms with Crippen LogP contribution < -0.4 is 4.74 Å². The zero-order valence-electron chi connectivity index (χ0n) is 15.3. The van der Waals surface area contributed by atoms with Gasteiger partial charge in [0.1, 0.15) is 5.75 Å². The largest absolute Gasteiger partial charge is 0.496 e. The number of aryl methyl sites for hydroxylation is 2. The Morgan fingerprint density at radius 3 is 2.81 bits per heavy atom. The number of carbonyl (C=O) groups is 1. The molecule has 134 valence electrons. The molecule has 1 aliphatic rings. The quantitative estimate of drug-likeness (QED) is 0.763. The Bertz CT molecular complexity index is 958. The average molecular weight is 348 g/mol. The molecule has 1 aromatic heterocycles. The highest BCUT2D eigenvalue weighted by Crippen LogP contribution is 2.30. The van der Waals surface area contributed by atoms with Gasteiger partial charge in [0.15, 0.2) is 0 Å². The van der Waals surface area contributed by atoms with E-state index >= 15 is 0 Å². The van der Waals surface area contributed by atoms with E-state index in [4.69, 9.17) is 4.74 Å². The molecule has 4 nitrogen and oxygen atoms in total. The molecule has 0 saturated carbocycles. The lowest BCUT2D eigenvalue weighted by molar-refractivity contribution is 0.0784. The van der Waals surface area contributed by atoms with Crippen molar-refractivity contribution in [2.75, 3.05) is 14.2 Å². The van der Waals surface area contributed by atoms with Gasteiger partial charge in [0, 0.05) is 41.3 Å². The zero-order valence-corrected chi connectivity index (χ0v) is 15.3. The van der Waals surface area contributed by atoms with Crippen LogP contribution in [-0.4, -0.2) is 29.9 Å². The summed E-state index contributed by atoms with van der Waals surface area (Å²) in [5.41, 5.74) is 5.63. The molecule has 0 bridgehead atoms. The Morgan fingerprint density at radius 2 is 1.96 bits per heavy atom. The first-order valence-electron chi connectivity index (χ1n) is 9.18. The molecule has 4 rings (SSSR count). The third-order valence-electron chi connectivity index (χ3n) is 5.29. The highest BCUT2D eigenvalue weighted by molar-refractivity contribution is 5.99. The van der Waals surface area contributed by atoms with Gasteiger partial charge in [-0.05, 0) is 55.5 Å². The third-order valence-corrected chi connectivity index (χ3v) is 5.29. The molecule has 0 saturated heterocycles. The van der Waals surface area contributed by atoms with E-state index in [1.54, 1.807) is 12.0 Å². The maximum atomic E-state index is 13.0. The number of ether oxygens (including phenoxy) is 1. The summed E-state index contributed by atoms with van der Waals surface area (Å²) in [5, 5.41) is 1.20. The van der Waals surface area contributed by atoms with Crippen LogP contribution in [0.3, 0.4) is 0 Å². The van der Waals surface area contributed by atoms with Gasteiger partial charge in [-0.15, -0.1) is 0 Å². The molecular formula is C22H24N2O2. The minimum Gasteiger partial charge on any atom is -0.496 e. The lowest BCUT2D eigenvalue weighted by atomic mass is 9.95. The number of hydrogen-bond donors (Lipinski definition) is 1. The monoisotopic (exact) mass is 348 g/mol. The number of aromatic nitrogens is 1. The van der Waals surface area contributed by atoms with Crippen molar-refractivity contribution in [3.63, 3.8) is 0 Å². The van der Waals surface area contributed by atoms with Crippen LogP contribution in [0.2, 0.25) is 0 Å². The number of nitrogens with one attached hydrogen (secondary N) is 1. The highest BCUT2D eigenvalue weighted by atomic mass is 16.5. The summed E-state index contributed by atoms with van der Waals surface area (Å²) in [6.07, 6.45) is 4.68. The highest BCUT2D eigenvalue weighted by Gasteiger charge is 2.18. The van der Waals surface area contributed by atoms with E-state index < -0.39 is 0 Å². The van der Waals surface area contributed by atoms with Crippen LogP contribution in [0.25, 0.3) is 10.9 Å². The molecule has 4 heteroatoms. The number of carbonyl (C=O) groups excluding carboxylic acids is 1. The zero-order chi connectivity index (χ0) is 18.1. The molecule has 3 aromatic rings. The number of amides is 1. The topological polar surface area (TPSA) is 45.3 Å². The average Bonchev–Trinajstić information content (AvgIpc) is 3.05. The Morgan fingerprint density at radius 1 is 1.15 bits per heavy atom. The first-order valence-corrected chi connectivity index (χ1v) is 9.18. The first-order chi connectivity index (χ1) is 12.7. The fourth-order valence-electron chi connectivity index (χ4n) is 3.92. The molecule has 2 aromatic carbocycles. The Balaban J connectivity index is 1.61. The number of benzene rings is 2. The van der Waals surface area contributed by atoms with Gasteiger partial charge in [0.05, 0.1) is 7.11 Å². The Hall–Kier alpha value is -2.75. The number of fused-ring (bicyclic) bond motifs is 3. The number of rotatable bonds is 4. The summed E-state index contributed by atoms with van der Waals surface area (Å²) in [6, 6.07) is 13.8. The molecule has 1 heterocycles. The molecule has 0 fully saturated rings. The Kier molecular flexibility index (Phi) is 4.41. The second-order valence-corrected chi connectivity index (χ2v) is 7.02. The SMILES string of the molecule is COc1ccccc1CN(C)C(=O)c1ccc2[nH]c3c(c2c1)CCCC3. The number of methoxy groups -OCH3 is 1. The number of hydrogen-bond acceptors (Lipinski definition) is 2. The molecule has 0 unspecified atom stereocenters. The second-order valence-electron chi connectivity index (χ2n) is 7.02. The van der Waals surface area contributed by atoms with Crippen molar-refractivity contribution in [3.05, 3.63) is 64.8 Å². The van der Waals surface area contributed by atoms with E-state index in [-0.39, 0.29) is 5.91 Å². The van der Waals surface area contributed by atoms with Gasteiger partial charge in [0.25, 0.3) is 5.91 Å². The standard InChI is InChI=1S/C22H24N2O2/c1-24(14-16-7-3-6-10-21(16)26-2)22(25)15-11-12-20-18(13-15)17-8-4-5-9-19(17)23-20/h3,6-7,10-13,23H,4-5,8-9,14H2,1-2H3. The number of aromatic amines is 1. The van der Waals surface area contributed by atoms with E-state index in [1.165, 1.54) is 29.5 Å². The van der Waals surface area contributed by atoms with Crippen LogP contribution in [-0.2, 0) is 19.4 Å². The molecule has 1 N–H and O–H groups in total. The van der Waals surface area contributed by atoms with E-state index in [0.29, 0.717) is 6.54 Å². The molecule has 26 heavy (non-hydrogen) atoms. The van der Waals surface area contributed by atoms with Gasteiger partial charge >= 0.3 is 0 Å². The summed E-state index contributed by atoms with van der Waals surface area (Å²) in [5.74, 6) is 0.839. The summed E-state index contributed by atoms with van der Waals surface area (Å²) < 4.78 is 5.40. The predicted molar refractivity (Wildman–Crippen MR) is 104 cm³/mol. The normalized spacial score (nSPS) is 13.5. The Labute approximate surface area is 153 Å². The van der Waals surface area contributed by atoms with Gasteiger partial charge in [-0.1, -0.05) is 18.2 Å². The lowest BCUT2D eigenvalue weighted by Crippen LogP contribution is -2.26. The van der Waals surface area contributed by atoms with Crippen LogP contribution in [0.15, 0.2) is 42.5 Å². The van der Waals surface area contributed by atoms with Gasteiger partial charge in [0.2, 0.25) is 0 Å². The second kappa shape index (κ2) is 6.87. The predicted octanol–water partition coefficient (Wildman–Crippen LogP) is 4.33. The maximum Gasteiger partial charge on any atom is 0.253 e. The van der Waals surface area contributed by atoms with Gasteiger partial charge in [-0.25, -0.2) is 0 Å². The summed E-state index contributed by atoms with van der Waals surface area (Å²) in [4.78, 5) is 18.2. The smallest absolute Gasteiger partial charge is 0.253 e. The van der Waals surface area contributed by atoms with Crippen molar-refractivity contribution >= 4 is 16.8 Å². The van der Waals surface area contributed by atoms with Gasteiger partial charge in [-0.3, -0.25) is 4.79 Å². The minimum absolute atomic E-state index is 0.0311. The van der Waals surface area contributed by atoms with Gasteiger partial charge < -0.3 is 14.6 Å². The van der Waals surface area contributed by atoms with Crippen LogP contribution in [0, 0.1) is 0 Å². The van der Waals surface area contributed by atoms with Crippen LogP contribution in [0.5, 0.6) is 5.75 Å². The number of nitrogens with zero attached hydrogens (tertiary/aromatic N) is 1. The van der Waals surface area contributed by atoms with Crippen molar-refractivity contribution in [3.8, 4) is 5.75 Å². The van der Waals surface area contributed by atoms with Crippen molar-refractivity contribution in [2.24, 2.45) is 0 Å². The molecule has 0 radical (unpaired) electrons. The molecule has 1 aliphatic carbocycles. The number of para-hydroxylation sites is 1. The van der Waals surface area contributed by atoms with Crippen molar-refractivity contribution in [1.29, 1.82) is 0 Å². The van der Waals surface area contributed by atoms with Crippen molar-refractivity contribution in [2.45, 2.75) is 32.2 Å². The van der Waals surface area contributed by atoms with Gasteiger partial charge in [-0.2, -0.15) is 0 Å². The lowest BCUT2D eigenvalue weighted by Gasteiger charge is -2.19. The van der Waals surface area contributed by atoms with E-state index in [9.17, 15) is 4.79 Å². The van der Waals surface area contributed by atoms with E-state index in [1.807, 2.05) is 43.4 Å². The number of H-pyrrole nitrogens is 1. The van der Waals surface area contributed by atoms with E-state index in [0.717, 1.165) is 35.2 Å². The molecule has 0 spiro atoms. The molecule has 1 amide bonds. The van der Waals surface area contributed by atoms with E-state index in [2.05, 4.69) is 11.1 Å². The molecular weight excluding hydrogens is 324 g/mol. The summed E-state index contributed by atoms with van der Waals surface area (Å²) in [7, 11) is 3.50. The first kappa shape index (κ1) is 16.7. The van der Waals surface area contributed by atoms with Crippen LogP contribution >= 0.6 is 0 Å². The van der Waals surface area contributed by atoms with Crippen molar-refractivity contribution < 1.29 is 9.53 Å². The maximum absolute atomic E-state index is 13.0. The summed E-state index contributed by atoms with van der Waals surface area (Å²) in [6.45, 7) is 0.520. The fourth-order valence-corrected chi connectivity index (χ4v) is 3.92. The molecule has 0 aliphatic heterocycles. The fraction of sp³-hybridized carbons (Fsp3) is 0.318. The summed E-state index contributed by atoms with van der Waals surface area (Å²) >= 11 is 0. The molecule has 0 atom stereocenters. The van der Waals surface area contributed by atoms with Crippen LogP contribution in [0.4, 0.5) is 0 Å². The van der Waals surface area contributed by atoms with Crippen LogP contribution in [0.1, 0.15) is 40.0 Å².